The van der Waals surface area contributed by atoms with E-state index in [0.717, 1.165) is 16.3 Å². The maximum atomic E-state index is 12.3. The fraction of sp³-hybridized carbons (Fsp3) is 0.150. The zero-order valence-electron chi connectivity index (χ0n) is 17.2. The molecule has 0 aliphatic heterocycles. The van der Waals surface area contributed by atoms with Gasteiger partial charge in [0.2, 0.25) is 16.2 Å². The second kappa shape index (κ2) is 12.9. The van der Waals surface area contributed by atoms with Gasteiger partial charge < -0.3 is 15.5 Å². The lowest BCUT2D eigenvalue weighted by Crippen LogP contribution is -2.42. The van der Waals surface area contributed by atoms with Gasteiger partial charge in [0.1, 0.15) is 17.3 Å². The summed E-state index contributed by atoms with van der Waals surface area (Å²) in [5.41, 5.74) is 6.33. The molecular weight excluding hydrogens is 509 g/mol. The van der Waals surface area contributed by atoms with E-state index in [9.17, 15) is 13.2 Å². The van der Waals surface area contributed by atoms with E-state index in [4.69, 9.17) is 22.7 Å². The first kappa shape index (κ1) is 28.0. The summed E-state index contributed by atoms with van der Waals surface area (Å²) in [6.07, 6.45) is 8.16. The van der Waals surface area contributed by atoms with Crippen molar-refractivity contribution in [1.29, 1.82) is 0 Å². The average Bonchev–Trinajstić information content (AvgIpc) is 3.27. The number of imidazole rings is 1. The maximum absolute atomic E-state index is 12.3. The van der Waals surface area contributed by atoms with Crippen molar-refractivity contribution in [2.45, 2.75) is 6.42 Å². The van der Waals surface area contributed by atoms with E-state index in [-0.39, 0.29) is 41.4 Å². The predicted octanol–water partition coefficient (Wildman–Crippen LogP) is 1.77. The Morgan fingerprint density at radius 3 is 2.58 bits per heavy atom. The molecule has 1 unspecified atom stereocenters. The lowest BCUT2D eigenvalue weighted by Gasteiger charge is -2.17. The van der Waals surface area contributed by atoms with Crippen LogP contribution in [-0.2, 0) is 21.5 Å². The molecule has 3 rings (SSSR count). The zero-order chi connectivity index (χ0) is 22.4. The number of ether oxygens (including phenoxy) is 1. The summed E-state index contributed by atoms with van der Waals surface area (Å²) in [7, 11) is -1.23. The Hall–Kier alpha value is -2.99. The summed E-state index contributed by atoms with van der Waals surface area (Å²) in [5.74, 6) is -0.212. The molecule has 9 nitrogen and oxygen atoms in total. The van der Waals surface area contributed by atoms with Crippen LogP contribution in [0.15, 0.2) is 65.6 Å². The zero-order valence-corrected chi connectivity index (χ0v) is 20.5. The Morgan fingerprint density at radius 1 is 1.30 bits per heavy atom. The van der Waals surface area contributed by atoms with Crippen molar-refractivity contribution >= 4 is 68.9 Å². The molecule has 0 radical (unpaired) electrons. The molecule has 0 saturated carbocycles. The van der Waals surface area contributed by atoms with Crippen molar-refractivity contribution in [2.75, 3.05) is 7.05 Å². The fourth-order valence-corrected chi connectivity index (χ4v) is 3.63. The number of amides is 1. The van der Waals surface area contributed by atoms with Gasteiger partial charge in [0, 0.05) is 36.8 Å². The number of carbonyl (C=O) groups excluding carboxylic acids is 1. The second-order valence-electron chi connectivity index (χ2n) is 6.38. The molecule has 0 fully saturated rings. The van der Waals surface area contributed by atoms with Gasteiger partial charge in [-0.1, -0.05) is 30.4 Å². The van der Waals surface area contributed by atoms with Crippen LogP contribution in [0.2, 0.25) is 0 Å². The number of rotatable bonds is 6. The largest absolute Gasteiger partial charge is 0.457 e. The number of allylic oxidation sites excluding steroid dienone is 2. The van der Waals surface area contributed by atoms with Crippen molar-refractivity contribution in [3.63, 3.8) is 0 Å². The van der Waals surface area contributed by atoms with Crippen LogP contribution in [0.25, 0.3) is 0 Å². The highest BCUT2D eigenvalue weighted by Crippen LogP contribution is 2.21. The SMILES string of the molecule is CN=C(N)NC(=O)C1C=CC(Oc2ccc(C(=S)Cc3ncc[nH]3)cc2)=CC1=S(=O)=O.Cl.Cl. The minimum atomic E-state index is -2.63. The highest BCUT2D eigenvalue weighted by Gasteiger charge is 2.26. The number of benzene rings is 1. The molecule has 176 valence electrons. The van der Waals surface area contributed by atoms with E-state index in [1.165, 1.54) is 25.3 Å². The predicted molar refractivity (Wildman–Crippen MR) is 136 cm³/mol. The monoisotopic (exact) mass is 529 g/mol. The number of H-pyrrole nitrogens is 1. The first-order valence-corrected chi connectivity index (χ1v) is 10.5. The Kier molecular flexibility index (Phi) is 11.0. The molecule has 1 aromatic carbocycles. The van der Waals surface area contributed by atoms with Crippen LogP contribution >= 0.6 is 37.0 Å². The van der Waals surface area contributed by atoms with Crippen molar-refractivity contribution < 1.29 is 17.9 Å². The van der Waals surface area contributed by atoms with Crippen molar-refractivity contribution in [3.05, 3.63) is 72.0 Å². The van der Waals surface area contributed by atoms with Crippen molar-refractivity contribution in [3.8, 4) is 5.75 Å². The Morgan fingerprint density at radius 2 is 2.00 bits per heavy atom. The summed E-state index contributed by atoms with van der Waals surface area (Å²) < 4.78 is 29.0. The third-order valence-corrected chi connectivity index (χ3v) is 5.44. The average molecular weight is 530 g/mol. The van der Waals surface area contributed by atoms with Gasteiger partial charge in [-0.2, -0.15) is 8.42 Å². The molecule has 1 amide bonds. The lowest BCUT2D eigenvalue weighted by molar-refractivity contribution is -0.120. The number of aliphatic imine (C=N–C) groups is 1. The van der Waals surface area contributed by atoms with Gasteiger partial charge >= 0.3 is 0 Å². The number of aromatic nitrogens is 2. The Balaban J connectivity index is 0.00000272. The lowest BCUT2D eigenvalue weighted by atomic mass is 9.99. The molecule has 1 aliphatic rings. The molecule has 13 heteroatoms. The molecule has 1 aromatic heterocycles. The van der Waals surface area contributed by atoms with E-state index in [1.807, 2.05) is 12.1 Å². The molecule has 0 spiro atoms. The Labute approximate surface area is 209 Å². The summed E-state index contributed by atoms with van der Waals surface area (Å²) >= 11 is 5.44. The van der Waals surface area contributed by atoms with Crippen LogP contribution in [0.5, 0.6) is 5.75 Å². The fourth-order valence-electron chi connectivity index (χ4n) is 2.75. The highest BCUT2D eigenvalue weighted by molar-refractivity contribution is 7.80. The molecule has 1 aliphatic carbocycles. The number of hydrogen-bond acceptors (Lipinski definition) is 7. The third kappa shape index (κ3) is 7.53. The third-order valence-electron chi connectivity index (χ3n) is 4.31. The van der Waals surface area contributed by atoms with Gasteiger partial charge in [0.25, 0.3) is 0 Å². The number of nitrogens with two attached hydrogens (primary N) is 1. The van der Waals surface area contributed by atoms with Gasteiger partial charge in [-0.25, -0.2) is 4.98 Å². The normalized spacial score (nSPS) is 14.9. The number of thiocarbonyl (C=S) groups is 1. The number of nitrogens with zero attached hydrogens (tertiary/aromatic N) is 2. The van der Waals surface area contributed by atoms with Gasteiger partial charge in [0.05, 0.1) is 10.8 Å². The molecule has 1 atom stereocenters. The summed E-state index contributed by atoms with van der Waals surface area (Å²) in [6.45, 7) is 0. The number of hydrogen-bond donors (Lipinski definition) is 3. The standard InChI is InChI=1S/C20H19N5O4S2.2ClH/c1-22-20(21)25-19(26)15-7-6-14(10-17(15)31(27)28)29-13-4-2-12(3-5-13)16(30)11-18-23-8-9-24-18;;/h2-10,15H,11H2,1H3,(H,23,24)(H3,21,22,25,26);2*1H. The molecule has 1 heterocycles. The molecule has 0 saturated heterocycles. The molecule has 33 heavy (non-hydrogen) atoms. The van der Waals surface area contributed by atoms with Crippen LogP contribution < -0.4 is 15.8 Å². The topological polar surface area (TPSA) is 140 Å². The Bertz CT molecular complexity index is 1210. The number of nitrogens with one attached hydrogen (secondary N) is 2. The smallest absolute Gasteiger partial charge is 0.239 e. The van der Waals surface area contributed by atoms with Crippen molar-refractivity contribution in [2.24, 2.45) is 16.6 Å². The van der Waals surface area contributed by atoms with Crippen LogP contribution in [-0.4, -0.2) is 47.0 Å². The number of guanidine groups is 1. The maximum Gasteiger partial charge on any atom is 0.239 e. The number of carbonyl (C=O) groups is 1. The minimum Gasteiger partial charge on any atom is -0.457 e. The van der Waals surface area contributed by atoms with Crippen LogP contribution in [0.4, 0.5) is 0 Å². The van der Waals surface area contributed by atoms with E-state index in [1.54, 1.807) is 24.5 Å². The van der Waals surface area contributed by atoms with Crippen molar-refractivity contribution in [1.82, 2.24) is 15.3 Å². The van der Waals surface area contributed by atoms with Gasteiger partial charge in [-0.15, -0.1) is 24.8 Å². The van der Waals surface area contributed by atoms with E-state index in [0.29, 0.717) is 12.2 Å². The minimum absolute atomic E-state index is 0. The van der Waals surface area contributed by atoms with Crippen LogP contribution in [0, 0.1) is 5.92 Å². The summed E-state index contributed by atoms with van der Waals surface area (Å²) in [5, 5.41) is 2.34. The molecule has 0 bridgehead atoms. The highest BCUT2D eigenvalue weighted by atomic mass is 35.5. The van der Waals surface area contributed by atoms with Gasteiger partial charge in [-0.3, -0.25) is 15.1 Å². The molecular formula is C20H21Cl2N5O4S2. The van der Waals surface area contributed by atoms with E-state index >= 15 is 0 Å². The van der Waals surface area contributed by atoms with Gasteiger partial charge in [0.15, 0.2) is 5.96 Å². The van der Waals surface area contributed by atoms with E-state index < -0.39 is 22.1 Å². The number of halogens is 2. The summed E-state index contributed by atoms with van der Waals surface area (Å²) in [6, 6.07) is 7.08. The van der Waals surface area contributed by atoms with Crippen LogP contribution in [0.3, 0.4) is 0 Å². The first-order chi connectivity index (χ1) is 14.9. The van der Waals surface area contributed by atoms with E-state index in [2.05, 4.69) is 20.3 Å². The number of aromatic amines is 1. The first-order valence-electron chi connectivity index (χ1n) is 9.06. The summed E-state index contributed by atoms with van der Waals surface area (Å²) in [4.78, 5) is 23.6. The quantitative estimate of drug-likeness (QED) is 0.224. The molecule has 2 aromatic rings. The second-order valence-corrected chi connectivity index (χ2v) is 7.81. The van der Waals surface area contributed by atoms with Gasteiger partial charge in [-0.05, 0) is 23.8 Å². The van der Waals surface area contributed by atoms with Crippen LogP contribution in [0.1, 0.15) is 11.4 Å². The molecule has 4 N–H and O–H groups in total.